The van der Waals surface area contributed by atoms with Gasteiger partial charge in [-0.2, -0.15) is 0 Å². The molecule has 4 aromatic carbocycles. The minimum atomic E-state index is -0.580. The molecule has 4 amide bonds. The van der Waals surface area contributed by atoms with Gasteiger partial charge in [-0.3, -0.25) is 19.4 Å². The van der Waals surface area contributed by atoms with E-state index in [4.69, 9.17) is 4.74 Å². The van der Waals surface area contributed by atoms with Crippen LogP contribution in [-0.2, 0) is 29.0 Å². The minimum Gasteiger partial charge on any atom is -0.489 e. The number of ether oxygens (including phenoxy) is 1. The summed E-state index contributed by atoms with van der Waals surface area (Å²) < 4.78 is 5.86. The second kappa shape index (κ2) is 12.7. The summed E-state index contributed by atoms with van der Waals surface area (Å²) in [5.41, 5.74) is 3.71. The van der Waals surface area contributed by atoms with Crippen molar-refractivity contribution in [1.29, 1.82) is 0 Å². The highest BCUT2D eigenvalue weighted by atomic mass is 16.5. The maximum atomic E-state index is 13.5. The zero-order valence-corrected chi connectivity index (χ0v) is 22.1. The third-order valence-corrected chi connectivity index (χ3v) is 6.79. The Kier molecular flexibility index (Phi) is 8.47. The van der Waals surface area contributed by atoms with Crippen molar-refractivity contribution in [2.45, 2.75) is 19.4 Å². The van der Waals surface area contributed by atoms with Gasteiger partial charge in [-0.05, 0) is 53.3 Å². The van der Waals surface area contributed by atoms with Crippen LogP contribution >= 0.6 is 0 Å². The van der Waals surface area contributed by atoms with Gasteiger partial charge in [0.15, 0.2) is 0 Å². The molecule has 0 aromatic heterocycles. The molecule has 1 aliphatic rings. The normalized spacial score (nSPS) is 13.5. The first-order valence-electron chi connectivity index (χ1n) is 13.3. The Morgan fingerprint density at radius 1 is 0.550 bits per heavy atom. The molecule has 0 bridgehead atoms. The van der Waals surface area contributed by atoms with Gasteiger partial charge in [0.2, 0.25) is 0 Å². The van der Waals surface area contributed by atoms with E-state index in [-0.39, 0.29) is 18.7 Å². The average Bonchev–Trinajstić information content (AvgIpc) is 3.00. The highest BCUT2D eigenvalue weighted by molar-refractivity contribution is 6.30. The van der Waals surface area contributed by atoms with Gasteiger partial charge in [0.1, 0.15) is 17.9 Å². The Morgan fingerprint density at radius 3 is 1.48 bits per heavy atom. The molecule has 1 aliphatic heterocycles. The number of barbiturate groups is 1. The van der Waals surface area contributed by atoms with Gasteiger partial charge in [0, 0.05) is 13.1 Å². The molecule has 5 rings (SSSR count). The first-order valence-corrected chi connectivity index (χ1v) is 13.3. The molecule has 0 unspecified atom stereocenters. The number of imide groups is 2. The number of rotatable bonds is 10. The largest absolute Gasteiger partial charge is 0.489 e. The highest BCUT2D eigenvalue weighted by Gasteiger charge is 2.41. The van der Waals surface area contributed by atoms with Crippen molar-refractivity contribution < 1.29 is 19.1 Å². The third kappa shape index (κ3) is 6.53. The quantitative estimate of drug-likeness (QED) is 0.188. The molecule has 0 radical (unpaired) electrons. The molecule has 200 valence electrons. The van der Waals surface area contributed by atoms with Crippen molar-refractivity contribution in [1.82, 2.24) is 9.80 Å². The number of benzene rings is 4. The first kappa shape index (κ1) is 26.6. The Morgan fingerprint density at radius 2 is 1.00 bits per heavy atom. The Balaban J connectivity index is 1.35. The molecule has 1 saturated heterocycles. The van der Waals surface area contributed by atoms with Crippen molar-refractivity contribution in [2.24, 2.45) is 0 Å². The van der Waals surface area contributed by atoms with Crippen LogP contribution in [0, 0.1) is 0 Å². The van der Waals surface area contributed by atoms with Crippen LogP contribution in [0.15, 0.2) is 121 Å². The molecule has 0 aliphatic carbocycles. The molecule has 0 spiro atoms. The van der Waals surface area contributed by atoms with E-state index < -0.39 is 17.8 Å². The van der Waals surface area contributed by atoms with Crippen LogP contribution in [0.1, 0.15) is 22.3 Å². The lowest BCUT2D eigenvalue weighted by molar-refractivity contribution is -0.135. The van der Waals surface area contributed by atoms with E-state index in [0.29, 0.717) is 30.8 Å². The van der Waals surface area contributed by atoms with E-state index in [2.05, 4.69) is 0 Å². The van der Waals surface area contributed by atoms with Crippen molar-refractivity contribution in [3.63, 3.8) is 0 Å². The Labute approximate surface area is 234 Å². The topological polar surface area (TPSA) is 66.9 Å². The van der Waals surface area contributed by atoms with Crippen LogP contribution in [0.5, 0.6) is 5.75 Å². The average molecular weight is 531 g/mol. The zero-order chi connectivity index (χ0) is 27.7. The fourth-order valence-corrected chi connectivity index (χ4v) is 4.56. The molecule has 0 atom stereocenters. The third-order valence-electron chi connectivity index (χ3n) is 6.79. The van der Waals surface area contributed by atoms with Crippen LogP contribution in [0.3, 0.4) is 0 Å². The van der Waals surface area contributed by atoms with Gasteiger partial charge in [0.05, 0.1) is 0 Å². The number of amides is 4. The van der Waals surface area contributed by atoms with E-state index in [0.717, 1.165) is 16.7 Å². The van der Waals surface area contributed by atoms with E-state index in [1.165, 1.54) is 9.80 Å². The van der Waals surface area contributed by atoms with E-state index in [1.54, 1.807) is 30.3 Å². The van der Waals surface area contributed by atoms with E-state index in [9.17, 15) is 14.4 Å². The molecular formula is C34H30N2O4. The predicted octanol–water partition coefficient (Wildman–Crippen LogP) is 5.93. The van der Waals surface area contributed by atoms with Crippen LogP contribution < -0.4 is 4.74 Å². The van der Waals surface area contributed by atoms with Gasteiger partial charge in [0.25, 0.3) is 11.8 Å². The first-order chi connectivity index (χ1) is 19.6. The number of hydrogen-bond donors (Lipinski definition) is 0. The Bertz CT molecular complexity index is 1420. The summed E-state index contributed by atoms with van der Waals surface area (Å²) in [5.74, 6) is -0.478. The van der Waals surface area contributed by atoms with Crippen molar-refractivity contribution in [3.8, 4) is 5.75 Å². The van der Waals surface area contributed by atoms with Gasteiger partial charge in [-0.15, -0.1) is 0 Å². The number of urea groups is 1. The molecular weight excluding hydrogens is 500 g/mol. The van der Waals surface area contributed by atoms with E-state index >= 15 is 0 Å². The van der Waals surface area contributed by atoms with Crippen molar-refractivity contribution >= 4 is 23.9 Å². The number of hydrogen-bond acceptors (Lipinski definition) is 4. The summed E-state index contributed by atoms with van der Waals surface area (Å²) in [6.45, 7) is 0.800. The summed E-state index contributed by atoms with van der Waals surface area (Å²) >= 11 is 0. The monoisotopic (exact) mass is 530 g/mol. The molecule has 6 nitrogen and oxygen atoms in total. The van der Waals surface area contributed by atoms with Gasteiger partial charge >= 0.3 is 6.03 Å². The smallest absolute Gasteiger partial charge is 0.333 e. The maximum absolute atomic E-state index is 13.5. The molecule has 1 fully saturated rings. The summed E-state index contributed by atoms with van der Waals surface area (Å²) in [5, 5.41) is 0. The standard InChI is InChI=1S/C34H30N2O4/c37-32-31(24-28-16-18-30(19-17-28)40-25-29-14-8-3-9-15-29)33(38)36(23-21-27-12-6-2-7-13-27)34(39)35(32)22-20-26-10-4-1-5-11-26/h1-19,24H,20-23,25H2. The second-order valence-corrected chi connectivity index (χ2v) is 9.57. The predicted molar refractivity (Wildman–Crippen MR) is 154 cm³/mol. The van der Waals surface area contributed by atoms with Crippen LogP contribution in [0.2, 0.25) is 0 Å². The molecule has 40 heavy (non-hydrogen) atoms. The lowest BCUT2D eigenvalue weighted by Gasteiger charge is -2.34. The molecule has 6 heteroatoms. The van der Waals surface area contributed by atoms with Gasteiger partial charge in [-0.1, -0.05) is 103 Å². The van der Waals surface area contributed by atoms with Crippen LogP contribution in [0.25, 0.3) is 6.08 Å². The number of nitrogens with zero attached hydrogens (tertiary/aromatic N) is 2. The summed E-state index contributed by atoms with van der Waals surface area (Å²) in [6, 6.07) is 35.8. The van der Waals surface area contributed by atoms with Crippen molar-refractivity contribution in [3.05, 3.63) is 143 Å². The minimum absolute atomic E-state index is 0.0290. The molecule has 4 aromatic rings. The number of carbonyl (C=O) groups is 3. The van der Waals surface area contributed by atoms with Crippen LogP contribution in [0.4, 0.5) is 4.79 Å². The SMILES string of the molecule is O=C1C(=Cc2ccc(OCc3ccccc3)cc2)C(=O)N(CCc2ccccc2)C(=O)N1CCc1ccccc1. The molecule has 0 saturated carbocycles. The zero-order valence-electron chi connectivity index (χ0n) is 22.1. The van der Waals surface area contributed by atoms with Gasteiger partial charge < -0.3 is 4.74 Å². The molecule has 1 heterocycles. The fourth-order valence-electron chi connectivity index (χ4n) is 4.56. The van der Waals surface area contributed by atoms with Crippen molar-refractivity contribution in [2.75, 3.05) is 13.1 Å². The molecule has 0 N–H and O–H groups in total. The second-order valence-electron chi connectivity index (χ2n) is 9.57. The summed E-state index contributed by atoms with van der Waals surface area (Å²) in [6.07, 6.45) is 2.56. The summed E-state index contributed by atoms with van der Waals surface area (Å²) in [7, 11) is 0. The number of carbonyl (C=O) groups excluding carboxylic acids is 3. The fraction of sp³-hybridized carbons (Fsp3) is 0.147. The highest BCUT2D eigenvalue weighted by Crippen LogP contribution is 2.23. The summed E-state index contributed by atoms with van der Waals surface area (Å²) in [4.78, 5) is 42.7. The maximum Gasteiger partial charge on any atom is 0.333 e. The van der Waals surface area contributed by atoms with Crippen LogP contribution in [-0.4, -0.2) is 40.7 Å². The lowest BCUT2D eigenvalue weighted by atomic mass is 10.0. The van der Waals surface area contributed by atoms with Gasteiger partial charge in [-0.25, -0.2) is 4.79 Å². The lowest BCUT2D eigenvalue weighted by Crippen LogP contribution is -2.57. The Hall–Kier alpha value is -4.97. The van der Waals surface area contributed by atoms with E-state index in [1.807, 2.05) is 91.0 Å².